The van der Waals surface area contributed by atoms with Gasteiger partial charge in [0.05, 0.1) is 0 Å². The van der Waals surface area contributed by atoms with Gasteiger partial charge in [0.1, 0.15) is 0 Å². The van der Waals surface area contributed by atoms with Crippen molar-refractivity contribution in [3.63, 3.8) is 0 Å². The molecule has 0 aliphatic carbocycles. The van der Waals surface area contributed by atoms with Gasteiger partial charge in [-0.15, -0.1) is 0 Å². The molecule has 1 aromatic heterocycles. The second-order valence-corrected chi connectivity index (χ2v) is 2.96. The molecule has 1 aromatic rings. The molecule has 0 fully saturated rings. The summed E-state index contributed by atoms with van der Waals surface area (Å²) in [5, 5.41) is 0. The molecule has 2 N–H and O–H groups in total. The number of nitrogens with zero attached hydrogens (tertiary/aromatic N) is 2. The summed E-state index contributed by atoms with van der Waals surface area (Å²) in [6, 6.07) is 3.37. The molecule has 0 saturated carbocycles. The average Bonchev–Trinajstić information content (AvgIpc) is 2.16. The molecule has 0 aromatic carbocycles. The van der Waals surface area contributed by atoms with Gasteiger partial charge in [-0.3, -0.25) is 4.79 Å². The van der Waals surface area contributed by atoms with Gasteiger partial charge < -0.3 is 15.4 Å². The number of carbonyl (C=O) groups is 1. The van der Waals surface area contributed by atoms with Crippen molar-refractivity contribution in [3.8, 4) is 5.75 Å². The van der Waals surface area contributed by atoms with Gasteiger partial charge in [-0.25, -0.2) is 4.98 Å². The summed E-state index contributed by atoms with van der Waals surface area (Å²) in [6.45, 7) is -0.0249. The van der Waals surface area contributed by atoms with Crippen LogP contribution in [0.25, 0.3) is 0 Å². The number of rotatable bonds is 3. The van der Waals surface area contributed by atoms with E-state index < -0.39 is 0 Å². The number of nitrogens with two attached hydrogens (primary N) is 1. The first-order valence-corrected chi connectivity index (χ1v) is 4.14. The number of hydrogen-bond donors (Lipinski definition) is 1. The van der Waals surface area contributed by atoms with Crippen molar-refractivity contribution in [1.29, 1.82) is 0 Å². The molecule has 0 unspecified atom stereocenters. The van der Waals surface area contributed by atoms with E-state index in [4.69, 9.17) is 10.5 Å². The number of ether oxygens (including phenoxy) is 1. The second kappa shape index (κ2) is 4.45. The van der Waals surface area contributed by atoms with E-state index in [1.165, 1.54) is 4.90 Å². The number of pyridine rings is 1. The maximum Gasteiger partial charge on any atom is 0.259 e. The molecule has 0 saturated heterocycles. The summed E-state index contributed by atoms with van der Waals surface area (Å²) in [7, 11) is 3.33. The number of amides is 1. The Morgan fingerprint density at radius 2 is 2.36 bits per heavy atom. The molecule has 0 atom stereocenters. The summed E-state index contributed by atoms with van der Waals surface area (Å²) in [5.74, 6) is 0.606. The van der Waals surface area contributed by atoms with E-state index in [0.717, 1.165) is 0 Å². The van der Waals surface area contributed by atoms with Gasteiger partial charge in [-0.2, -0.15) is 0 Å². The summed E-state index contributed by atoms with van der Waals surface area (Å²) in [4.78, 5) is 16.4. The third-order valence-electron chi connectivity index (χ3n) is 1.65. The molecule has 0 radical (unpaired) electrons. The van der Waals surface area contributed by atoms with Crippen molar-refractivity contribution in [2.75, 3.05) is 26.4 Å². The van der Waals surface area contributed by atoms with Crippen molar-refractivity contribution < 1.29 is 9.53 Å². The lowest BCUT2D eigenvalue weighted by molar-refractivity contribution is -0.130. The van der Waals surface area contributed by atoms with Crippen molar-refractivity contribution in [3.05, 3.63) is 18.3 Å². The van der Waals surface area contributed by atoms with Crippen LogP contribution >= 0.6 is 0 Å². The minimum Gasteiger partial charge on any atom is -0.480 e. The van der Waals surface area contributed by atoms with Crippen LogP contribution in [-0.2, 0) is 4.79 Å². The number of nitrogen functional groups attached to an aromatic ring is 1. The molecular weight excluding hydrogens is 182 g/mol. The van der Waals surface area contributed by atoms with Gasteiger partial charge in [0.15, 0.2) is 18.2 Å². The molecule has 0 spiro atoms. The monoisotopic (exact) mass is 195 g/mol. The van der Waals surface area contributed by atoms with Crippen molar-refractivity contribution >= 4 is 11.7 Å². The maximum atomic E-state index is 11.2. The van der Waals surface area contributed by atoms with E-state index in [9.17, 15) is 4.79 Å². The van der Waals surface area contributed by atoms with Crippen LogP contribution in [0, 0.1) is 0 Å². The van der Waals surface area contributed by atoms with Crippen LogP contribution in [0.3, 0.4) is 0 Å². The van der Waals surface area contributed by atoms with Crippen molar-refractivity contribution in [2.24, 2.45) is 0 Å². The summed E-state index contributed by atoms with van der Waals surface area (Å²) in [6.07, 6.45) is 1.57. The standard InChI is InChI=1S/C9H13N3O2/c1-12(2)8(13)6-14-7-4-3-5-11-9(7)10/h3-5H,6H2,1-2H3,(H2,10,11). The molecular formula is C9H13N3O2. The molecule has 76 valence electrons. The van der Waals surface area contributed by atoms with E-state index in [1.807, 2.05) is 0 Å². The number of aromatic nitrogens is 1. The average molecular weight is 195 g/mol. The Labute approximate surface area is 82.5 Å². The predicted molar refractivity (Wildman–Crippen MR) is 52.8 cm³/mol. The van der Waals surface area contributed by atoms with Crippen LogP contribution in [0.2, 0.25) is 0 Å². The second-order valence-electron chi connectivity index (χ2n) is 2.96. The van der Waals surface area contributed by atoms with Crippen molar-refractivity contribution in [1.82, 2.24) is 9.88 Å². The van der Waals surface area contributed by atoms with Gasteiger partial charge in [0.2, 0.25) is 0 Å². The predicted octanol–water partition coefficient (Wildman–Crippen LogP) is 0.131. The largest absolute Gasteiger partial charge is 0.480 e. The Morgan fingerprint density at radius 3 is 2.93 bits per heavy atom. The summed E-state index contributed by atoms with van der Waals surface area (Å²) in [5.41, 5.74) is 5.52. The zero-order chi connectivity index (χ0) is 10.6. The number of anilines is 1. The minimum atomic E-state index is -0.117. The van der Waals surface area contributed by atoms with E-state index in [-0.39, 0.29) is 12.5 Å². The molecule has 1 rings (SSSR count). The lowest BCUT2D eigenvalue weighted by Crippen LogP contribution is -2.27. The number of carbonyl (C=O) groups excluding carboxylic acids is 1. The number of hydrogen-bond acceptors (Lipinski definition) is 4. The highest BCUT2D eigenvalue weighted by molar-refractivity contribution is 5.77. The Bertz CT molecular complexity index is 326. The van der Waals surface area contributed by atoms with Crippen LogP contribution in [-0.4, -0.2) is 36.5 Å². The third kappa shape index (κ3) is 2.62. The smallest absolute Gasteiger partial charge is 0.259 e. The first-order chi connectivity index (χ1) is 6.61. The molecule has 0 aliphatic heterocycles. The molecule has 0 aliphatic rings. The Balaban J connectivity index is 2.54. The zero-order valence-corrected chi connectivity index (χ0v) is 8.23. The highest BCUT2D eigenvalue weighted by Crippen LogP contribution is 2.16. The highest BCUT2D eigenvalue weighted by Gasteiger charge is 2.06. The van der Waals surface area contributed by atoms with Crippen LogP contribution in [0.15, 0.2) is 18.3 Å². The van der Waals surface area contributed by atoms with Crippen molar-refractivity contribution in [2.45, 2.75) is 0 Å². The van der Waals surface area contributed by atoms with Crippen LogP contribution in [0.5, 0.6) is 5.75 Å². The lowest BCUT2D eigenvalue weighted by Gasteiger charge is -2.11. The third-order valence-corrected chi connectivity index (χ3v) is 1.65. The summed E-state index contributed by atoms with van der Waals surface area (Å²) >= 11 is 0. The molecule has 1 amide bonds. The van der Waals surface area contributed by atoms with E-state index >= 15 is 0 Å². The quantitative estimate of drug-likeness (QED) is 0.744. The number of likely N-dealkylation sites (N-methyl/N-ethyl adjacent to an activating group) is 1. The Morgan fingerprint density at radius 1 is 1.64 bits per heavy atom. The molecule has 5 nitrogen and oxygen atoms in total. The first kappa shape index (κ1) is 10.3. The minimum absolute atomic E-state index is 0.0249. The van der Waals surface area contributed by atoms with Gasteiger partial charge >= 0.3 is 0 Å². The maximum absolute atomic E-state index is 11.2. The fourth-order valence-electron chi connectivity index (χ4n) is 0.793. The van der Waals surface area contributed by atoms with Gasteiger partial charge in [-0.1, -0.05) is 0 Å². The topological polar surface area (TPSA) is 68.5 Å². The van der Waals surface area contributed by atoms with Crippen LogP contribution in [0.4, 0.5) is 5.82 Å². The van der Waals surface area contributed by atoms with E-state index in [0.29, 0.717) is 11.6 Å². The van der Waals surface area contributed by atoms with Gasteiger partial charge in [0, 0.05) is 20.3 Å². The normalized spacial score (nSPS) is 9.57. The van der Waals surface area contributed by atoms with Crippen LogP contribution in [0.1, 0.15) is 0 Å². The van der Waals surface area contributed by atoms with Gasteiger partial charge in [-0.05, 0) is 12.1 Å². The van der Waals surface area contributed by atoms with Crippen LogP contribution < -0.4 is 10.5 Å². The van der Waals surface area contributed by atoms with E-state index in [2.05, 4.69) is 4.98 Å². The van der Waals surface area contributed by atoms with Gasteiger partial charge in [0.25, 0.3) is 5.91 Å². The Hall–Kier alpha value is -1.78. The molecule has 5 heteroatoms. The molecule has 1 heterocycles. The summed E-state index contributed by atoms with van der Waals surface area (Å²) < 4.78 is 5.18. The highest BCUT2D eigenvalue weighted by atomic mass is 16.5. The SMILES string of the molecule is CN(C)C(=O)COc1cccnc1N. The Kier molecular flexibility index (Phi) is 3.28. The molecule has 0 bridgehead atoms. The lowest BCUT2D eigenvalue weighted by atomic mass is 10.4. The zero-order valence-electron chi connectivity index (χ0n) is 8.23. The molecule has 14 heavy (non-hydrogen) atoms. The fourth-order valence-corrected chi connectivity index (χ4v) is 0.793. The first-order valence-electron chi connectivity index (χ1n) is 4.14. The van der Waals surface area contributed by atoms with E-state index in [1.54, 1.807) is 32.4 Å². The fraction of sp³-hybridized carbons (Fsp3) is 0.333.